The summed E-state index contributed by atoms with van der Waals surface area (Å²) in [7, 11) is 0. The summed E-state index contributed by atoms with van der Waals surface area (Å²) in [5, 5.41) is 3.37. The summed E-state index contributed by atoms with van der Waals surface area (Å²) in [5.41, 5.74) is 3.04. The molecule has 0 saturated heterocycles. The van der Waals surface area contributed by atoms with Gasteiger partial charge in [0.25, 0.3) is 11.7 Å². The molecule has 5 heteroatoms. The van der Waals surface area contributed by atoms with E-state index in [1.165, 1.54) is 12.8 Å². The normalized spacial score (nSPS) is 17.3. The van der Waals surface area contributed by atoms with E-state index in [1.807, 2.05) is 13.0 Å². The fraction of sp³-hybridized carbons (Fsp3) is 0.375. The van der Waals surface area contributed by atoms with E-state index in [9.17, 15) is 9.59 Å². The average molecular weight is 349 g/mol. The van der Waals surface area contributed by atoms with Crippen molar-refractivity contribution < 1.29 is 9.59 Å². The van der Waals surface area contributed by atoms with Gasteiger partial charge in [0, 0.05) is 23.6 Å². The second kappa shape index (κ2) is 5.39. The molecule has 1 aromatic carbocycles. The third kappa shape index (κ3) is 2.80. The molecule has 110 valence electrons. The fourth-order valence-corrected chi connectivity index (χ4v) is 3.19. The zero-order valence-electron chi connectivity index (χ0n) is 11.9. The summed E-state index contributed by atoms with van der Waals surface area (Å²) in [4.78, 5) is 25.9. The van der Waals surface area contributed by atoms with Gasteiger partial charge in [0.05, 0.1) is 11.3 Å². The molecule has 1 aliphatic heterocycles. The molecule has 1 saturated carbocycles. The molecule has 4 nitrogen and oxygen atoms in total. The minimum absolute atomic E-state index is 0.389. The average Bonchev–Trinajstić information content (AvgIpc) is 3.21. The third-order valence-corrected chi connectivity index (χ3v) is 4.28. The van der Waals surface area contributed by atoms with Crippen molar-refractivity contribution >= 4 is 33.3 Å². The number of halogens is 1. The van der Waals surface area contributed by atoms with Crippen LogP contribution in [0.25, 0.3) is 0 Å². The smallest absolute Gasteiger partial charge is 0.299 e. The maximum absolute atomic E-state index is 12.2. The van der Waals surface area contributed by atoms with Gasteiger partial charge in [0.2, 0.25) is 0 Å². The van der Waals surface area contributed by atoms with Crippen LogP contribution < -0.4 is 10.2 Å². The van der Waals surface area contributed by atoms with E-state index < -0.39 is 11.7 Å². The molecule has 1 N–H and O–H groups in total. The Hall–Kier alpha value is -1.46. The lowest BCUT2D eigenvalue weighted by Gasteiger charge is -2.20. The number of fused-ring (bicyclic) bond motifs is 1. The Morgan fingerprint density at radius 3 is 2.81 bits per heavy atom. The van der Waals surface area contributed by atoms with Crippen molar-refractivity contribution in [3.05, 3.63) is 39.9 Å². The van der Waals surface area contributed by atoms with Gasteiger partial charge in [0.1, 0.15) is 0 Å². The van der Waals surface area contributed by atoms with Gasteiger partial charge in [-0.25, -0.2) is 0 Å². The van der Waals surface area contributed by atoms with Crippen molar-refractivity contribution in [2.24, 2.45) is 0 Å². The van der Waals surface area contributed by atoms with Gasteiger partial charge in [-0.05, 0) is 43.0 Å². The number of hydrogen-bond donors (Lipinski definition) is 1. The lowest BCUT2D eigenvalue weighted by atomic mass is 10.1. The van der Waals surface area contributed by atoms with Crippen molar-refractivity contribution in [3.63, 3.8) is 0 Å². The lowest BCUT2D eigenvalue weighted by Crippen LogP contribution is -2.34. The van der Waals surface area contributed by atoms with Gasteiger partial charge in [-0.1, -0.05) is 22.5 Å². The van der Waals surface area contributed by atoms with Gasteiger partial charge in [-0.3, -0.25) is 9.59 Å². The summed E-state index contributed by atoms with van der Waals surface area (Å²) in [6, 6.07) is 4.24. The molecule has 1 heterocycles. The van der Waals surface area contributed by atoms with E-state index in [0.717, 1.165) is 21.3 Å². The Bertz CT molecular complexity index is 650. The predicted octanol–water partition coefficient (Wildman–Crippen LogP) is 2.60. The molecule has 0 unspecified atom stereocenters. The molecule has 1 aliphatic carbocycles. The topological polar surface area (TPSA) is 49.4 Å². The van der Waals surface area contributed by atoms with Crippen LogP contribution in [-0.4, -0.2) is 30.8 Å². The zero-order valence-corrected chi connectivity index (χ0v) is 13.5. The number of anilines is 1. The van der Waals surface area contributed by atoms with Crippen molar-refractivity contribution in [2.45, 2.75) is 25.8 Å². The highest BCUT2D eigenvalue weighted by molar-refractivity contribution is 9.10. The van der Waals surface area contributed by atoms with Gasteiger partial charge < -0.3 is 10.2 Å². The van der Waals surface area contributed by atoms with Crippen molar-refractivity contribution in [1.82, 2.24) is 5.32 Å². The minimum Gasteiger partial charge on any atom is -0.310 e. The standard InChI is InChI=1S/C16H17BrN2O2/c1-9(7-18-12-3-4-12)8-19-14-10(2)5-11(17)6-13(14)15(20)16(19)21/h5-6,12,18H,1,3-4,7-8H2,2H3. The van der Waals surface area contributed by atoms with Crippen LogP contribution in [0.5, 0.6) is 0 Å². The molecule has 0 atom stereocenters. The maximum Gasteiger partial charge on any atom is 0.299 e. The molecule has 0 spiro atoms. The number of Topliss-reactive ketones (excluding diaryl/α,β-unsaturated/α-hetero) is 1. The molecule has 0 bridgehead atoms. The number of ketones is 1. The van der Waals surface area contributed by atoms with E-state index >= 15 is 0 Å². The highest BCUT2D eigenvalue weighted by atomic mass is 79.9. The SMILES string of the molecule is C=C(CNC1CC1)CN1C(=O)C(=O)c2cc(Br)cc(C)c21. The number of nitrogens with one attached hydrogen (secondary N) is 1. The molecule has 3 rings (SSSR count). The molecule has 1 fully saturated rings. The number of hydrogen-bond acceptors (Lipinski definition) is 3. The fourth-order valence-electron chi connectivity index (χ4n) is 2.61. The lowest BCUT2D eigenvalue weighted by molar-refractivity contribution is -0.114. The second-order valence-electron chi connectivity index (χ2n) is 5.74. The quantitative estimate of drug-likeness (QED) is 0.657. The predicted molar refractivity (Wildman–Crippen MR) is 85.7 cm³/mol. The number of amides is 1. The number of aryl methyl sites for hydroxylation is 1. The van der Waals surface area contributed by atoms with Crippen LogP contribution in [0.3, 0.4) is 0 Å². The first kappa shape index (κ1) is 14.5. The molecule has 0 radical (unpaired) electrons. The van der Waals surface area contributed by atoms with E-state index in [-0.39, 0.29) is 0 Å². The number of carbonyl (C=O) groups excluding carboxylic acids is 2. The van der Waals surface area contributed by atoms with E-state index in [1.54, 1.807) is 11.0 Å². The van der Waals surface area contributed by atoms with Crippen molar-refractivity contribution in [1.29, 1.82) is 0 Å². The summed E-state index contributed by atoms with van der Waals surface area (Å²) in [6.45, 7) is 7.01. The van der Waals surface area contributed by atoms with Crippen LogP contribution in [0.2, 0.25) is 0 Å². The van der Waals surface area contributed by atoms with Crippen LogP contribution in [0.1, 0.15) is 28.8 Å². The molecule has 21 heavy (non-hydrogen) atoms. The van der Waals surface area contributed by atoms with Gasteiger partial charge in [-0.2, -0.15) is 0 Å². The molecular weight excluding hydrogens is 332 g/mol. The first-order valence-electron chi connectivity index (χ1n) is 7.03. The molecule has 1 amide bonds. The van der Waals surface area contributed by atoms with E-state index in [4.69, 9.17) is 0 Å². The summed E-state index contributed by atoms with van der Waals surface area (Å²) in [6.07, 6.45) is 2.43. The van der Waals surface area contributed by atoms with E-state index in [0.29, 0.717) is 24.7 Å². The Morgan fingerprint density at radius 1 is 1.43 bits per heavy atom. The maximum atomic E-state index is 12.2. The molecular formula is C16H17BrN2O2. The van der Waals surface area contributed by atoms with Crippen LogP contribution >= 0.6 is 15.9 Å². The highest BCUT2D eigenvalue weighted by Gasteiger charge is 2.37. The van der Waals surface area contributed by atoms with Crippen molar-refractivity contribution in [3.8, 4) is 0 Å². The Kier molecular flexibility index (Phi) is 3.71. The van der Waals surface area contributed by atoms with Crippen LogP contribution in [0, 0.1) is 6.92 Å². The molecule has 0 aromatic heterocycles. The number of rotatable bonds is 5. The Morgan fingerprint density at radius 2 is 2.14 bits per heavy atom. The minimum atomic E-state index is -0.459. The number of nitrogens with zero attached hydrogens (tertiary/aromatic N) is 1. The van der Waals surface area contributed by atoms with Crippen LogP contribution in [0.15, 0.2) is 28.8 Å². The van der Waals surface area contributed by atoms with Crippen LogP contribution in [0.4, 0.5) is 5.69 Å². The molecule has 1 aromatic rings. The van der Waals surface area contributed by atoms with Crippen molar-refractivity contribution in [2.75, 3.05) is 18.0 Å². The Labute approximate surface area is 132 Å². The highest BCUT2D eigenvalue weighted by Crippen LogP contribution is 2.35. The number of carbonyl (C=O) groups is 2. The third-order valence-electron chi connectivity index (χ3n) is 3.82. The summed E-state index contributed by atoms with van der Waals surface area (Å²) < 4.78 is 0.816. The first-order valence-corrected chi connectivity index (χ1v) is 7.83. The monoisotopic (exact) mass is 348 g/mol. The molecule has 2 aliphatic rings. The van der Waals surface area contributed by atoms with Gasteiger partial charge in [-0.15, -0.1) is 0 Å². The summed E-state index contributed by atoms with van der Waals surface area (Å²) >= 11 is 3.37. The largest absolute Gasteiger partial charge is 0.310 e. The first-order chi connectivity index (χ1) is 9.97. The van der Waals surface area contributed by atoms with Gasteiger partial charge >= 0.3 is 0 Å². The number of benzene rings is 1. The Balaban J connectivity index is 1.81. The van der Waals surface area contributed by atoms with E-state index in [2.05, 4.69) is 27.8 Å². The zero-order chi connectivity index (χ0) is 15.1. The van der Waals surface area contributed by atoms with Gasteiger partial charge in [0.15, 0.2) is 0 Å². The second-order valence-corrected chi connectivity index (χ2v) is 6.66. The summed E-state index contributed by atoms with van der Waals surface area (Å²) in [5.74, 6) is -0.892. The van der Waals surface area contributed by atoms with Crippen LogP contribution in [-0.2, 0) is 4.79 Å².